The van der Waals surface area contributed by atoms with Gasteiger partial charge >= 0.3 is 6.18 Å². The van der Waals surface area contributed by atoms with Crippen LogP contribution in [0.25, 0.3) is 11.3 Å². The van der Waals surface area contributed by atoms with Crippen molar-refractivity contribution in [1.29, 1.82) is 0 Å². The Morgan fingerprint density at radius 1 is 1.17 bits per heavy atom. The summed E-state index contributed by atoms with van der Waals surface area (Å²) in [5, 5.41) is 0. The van der Waals surface area contributed by atoms with E-state index in [0.717, 1.165) is 6.07 Å². The van der Waals surface area contributed by atoms with Crippen LogP contribution in [0.4, 0.5) is 13.2 Å². The van der Waals surface area contributed by atoms with Crippen LogP contribution in [0, 0.1) is 0 Å². The van der Waals surface area contributed by atoms with Gasteiger partial charge in [-0.05, 0) is 30.3 Å². The molecule has 1 aromatic carbocycles. The first kappa shape index (κ1) is 12.9. The Labute approximate surface area is 109 Å². The van der Waals surface area contributed by atoms with Crippen molar-refractivity contribution in [2.24, 2.45) is 0 Å². The molecule has 0 atom stereocenters. The molecule has 0 amide bonds. The number of carbonyl (C=O) groups excluding carboxylic acids is 1. The molecular weight excluding hydrogens is 313 g/mol. The van der Waals surface area contributed by atoms with Gasteiger partial charge in [-0.3, -0.25) is 4.79 Å². The Kier molecular flexibility index (Phi) is 3.30. The summed E-state index contributed by atoms with van der Waals surface area (Å²) >= 11 is 3.11. The number of benzene rings is 1. The summed E-state index contributed by atoms with van der Waals surface area (Å²) in [4.78, 5) is 10.5. The summed E-state index contributed by atoms with van der Waals surface area (Å²) in [6, 6.07) is 6.22. The van der Waals surface area contributed by atoms with Crippen LogP contribution < -0.4 is 0 Å². The molecule has 0 N–H and O–H groups in total. The molecule has 1 aromatic heterocycles. The van der Waals surface area contributed by atoms with Gasteiger partial charge in [-0.25, -0.2) is 0 Å². The highest BCUT2D eigenvalue weighted by Gasteiger charge is 2.34. The zero-order valence-electron chi connectivity index (χ0n) is 8.79. The van der Waals surface area contributed by atoms with Gasteiger partial charge in [0.25, 0.3) is 0 Å². The van der Waals surface area contributed by atoms with Gasteiger partial charge in [0, 0.05) is 10.0 Å². The Morgan fingerprint density at radius 2 is 1.89 bits per heavy atom. The van der Waals surface area contributed by atoms with Crippen LogP contribution >= 0.6 is 15.9 Å². The van der Waals surface area contributed by atoms with E-state index in [2.05, 4.69) is 15.9 Å². The summed E-state index contributed by atoms with van der Waals surface area (Å²) in [7, 11) is 0. The van der Waals surface area contributed by atoms with E-state index >= 15 is 0 Å². The van der Waals surface area contributed by atoms with Crippen molar-refractivity contribution in [2.45, 2.75) is 6.18 Å². The van der Waals surface area contributed by atoms with Crippen LogP contribution in [-0.4, -0.2) is 6.29 Å². The van der Waals surface area contributed by atoms with E-state index < -0.39 is 11.7 Å². The fraction of sp³-hybridized carbons (Fsp3) is 0.0833. The van der Waals surface area contributed by atoms with Gasteiger partial charge in [-0.15, -0.1) is 0 Å². The lowest BCUT2D eigenvalue weighted by atomic mass is 10.1. The fourth-order valence-electron chi connectivity index (χ4n) is 1.53. The molecule has 0 bridgehead atoms. The molecule has 0 radical (unpaired) electrons. The summed E-state index contributed by atoms with van der Waals surface area (Å²) in [6.07, 6.45) is -4.04. The third kappa shape index (κ3) is 2.48. The average Bonchev–Trinajstić information content (AvgIpc) is 2.75. The number of rotatable bonds is 2. The number of aldehydes is 1. The first-order chi connectivity index (χ1) is 8.41. The normalized spacial score (nSPS) is 11.6. The second-order valence-electron chi connectivity index (χ2n) is 3.51. The third-order valence-electron chi connectivity index (χ3n) is 2.30. The van der Waals surface area contributed by atoms with E-state index in [1.54, 1.807) is 0 Å². The second kappa shape index (κ2) is 4.61. The average molecular weight is 319 g/mol. The molecule has 0 saturated heterocycles. The summed E-state index contributed by atoms with van der Waals surface area (Å²) in [5.41, 5.74) is -0.914. The summed E-state index contributed by atoms with van der Waals surface area (Å²) < 4.78 is 44.0. The molecule has 2 rings (SSSR count). The van der Waals surface area contributed by atoms with Gasteiger partial charge in [-0.2, -0.15) is 13.2 Å². The zero-order valence-corrected chi connectivity index (χ0v) is 10.4. The fourth-order valence-corrected chi connectivity index (χ4v) is 1.89. The quantitative estimate of drug-likeness (QED) is 0.761. The largest absolute Gasteiger partial charge is 0.453 e. The lowest BCUT2D eigenvalue weighted by Crippen LogP contribution is -2.06. The van der Waals surface area contributed by atoms with Crippen molar-refractivity contribution in [1.82, 2.24) is 0 Å². The molecule has 0 unspecified atom stereocenters. The lowest BCUT2D eigenvalue weighted by molar-refractivity contribution is -0.137. The minimum absolute atomic E-state index is 0.00530. The van der Waals surface area contributed by atoms with E-state index in [-0.39, 0.29) is 17.1 Å². The molecule has 0 aliphatic carbocycles. The number of hydrogen-bond acceptors (Lipinski definition) is 2. The highest BCUT2D eigenvalue weighted by atomic mass is 79.9. The molecule has 94 valence electrons. The summed E-state index contributed by atoms with van der Waals surface area (Å²) in [6.45, 7) is 0. The first-order valence-corrected chi connectivity index (χ1v) is 5.63. The van der Waals surface area contributed by atoms with Crippen LogP contribution in [0.15, 0.2) is 39.2 Å². The second-order valence-corrected chi connectivity index (χ2v) is 4.42. The molecule has 0 aliphatic heterocycles. The van der Waals surface area contributed by atoms with E-state index in [4.69, 9.17) is 4.42 Å². The molecule has 18 heavy (non-hydrogen) atoms. The first-order valence-electron chi connectivity index (χ1n) is 4.84. The number of carbonyl (C=O) groups is 1. The Bertz CT molecular complexity index is 587. The van der Waals surface area contributed by atoms with Crippen molar-refractivity contribution in [3.05, 3.63) is 46.1 Å². The maximum atomic E-state index is 12.8. The maximum absolute atomic E-state index is 12.8. The monoisotopic (exact) mass is 318 g/mol. The van der Waals surface area contributed by atoms with E-state index in [0.29, 0.717) is 10.8 Å². The van der Waals surface area contributed by atoms with Crippen molar-refractivity contribution in [3.8, 4) is 11.3 Å². The van der Waals surface area contributed by atoms with Gasteiger partial charge < -0.3 is 4.42 Å². The van der Waals surface area contributed by atoms with E-state index in [9.17, 15) is 18.0 Å². The molecule has 0 spiro atoms. The van der Waals surface area contributed by atoms with Crippen LogP contribution in [0.2, 0.25) is 0 Å². The number of alkyl halides is 3. The van der Waals surface area contributed by atoms with Gasteiger partial charge in [0.15, 0.2) is 12.0 Å². The van der Waals surface area contributed by atoms with Crippen LogP contribution in [0.1, 0.15) is 16.1 Å². The number of furan rings is 1. The highest BCUT2D eigenvalue weighted by molar-refractivity contribution is 9.10. The molecular formula is C12H6BrF3O2. The van der Waals surface area contributed by atoms with E-state index in [1.165, 1.54) is 24.3 Å². The molecule has 1 heterocycles. The topological polar surface area (TPSA) is 30.2 Å². The van der Waals surface area contributed by atoms with Gasteiger partial charge in [0.2, 0.25) is 0 Å². The molecule has 0 aliphatic rings. The van der Waals surface area contributed by atoms with Crippen LogP contribution in [0.5, 0.6) is 0 Å². The van der Waals surface area contributed by atoms with Crippen molar-refractivity contribution < 1.29 is 22.4 Å². The predicted molar refractivity (Wildman–Crippen MR) is 62.2 cm³/mol. The van der Waals surface area contributed by atoms with Crippen LogP contribution in [-0.2, 0) is 6.18 Å². The lowest BCUT2D eigenvalue weighted by Gasteiger charge is -2.11. The SMILES string of the molecule is O=Cc1ccc(-c2cc(Br)ccc2C(F)(F)F)o1. The standard InChI is InChI=1S/C12H6BrF3O2/c13-7-1-3-10(12(14,15)16)9(5-7)11-4-2-8(6-17)18-11/h1-6H. The summed E-state index contributed by atoms with van der Waals surface area (Å²) in [5.74, 6) is -0.0103. The Balaban J connectivity index is 2.61. The van der Waals surface area contributed by atoms with Gasteiger partial charge in [-0.1, -0.05) is 15.9 Å². The smallest absolute Gasteiger partial charge is 0.417 e. The van der Waals surface area contributed by atoms with Crippen molar-refractivity contribution in [2.75, 3.05) is 0 Å². The molecule has 6 heteroatoms. The van der Waals surface area contributed by atoms with Crippen molar-refractivity contribution in [3.63, 3.8) is 0 Å². The molecule has 0 fully saturated rings. The highest BCUT2D eigenvalue weighted by Crippen LogP contribution is 2.38. The van der Waals surface area contributed by atoms with E-state index in [1.807, 2.05) is 0 Å². The minimum Gasteiger partial charge on any atom is -0.453 e. The Morgan fingerprint density at radius 3 is 2.44 bits per heavy atom. The molecule has 2 nitrogen and oxygen atoms in total. The maximum Gasteiger partial charge on any atom is 0.417 e. The van der Waals surface area contributed by atoms with Gasteiger partial charge in [0.1, 0.15) is 5.76 Å². The molecule has 2 aromatic rings. The number of hydrogen-bond donors (Lipinski definition) is 0. The van der Waals surface area contributed by atoms with Gasteiger partial charge in [0.05, 0.1) is 5.56 Å². The minimum atomic E-state index is -4.48. The molecule has 0 saturated carbocycles. The van der Waals surface area contributed by atoms with Crippen LogP contribution in [0.3, 0.4) is 0 Å². The third-order valence-corrected chi connectivity index (χ3v) is 2.79. The zero-order chi connectivity index (χ0) is 13.3. The predicted octanol–water partition coefficient (Wildman–Crippen LogP) is 4.54. The number of halogens is 4. The van der Waals surface area contributed by atoms with Crippen molar-refractivity contribution >= 4 is 22.2 Å². The Hall–Kier alpha value is -1.56.